The maximum atomic E-state index is 12.2. The second-order valence-corrected chi connectivity index (χ2v) is 7.01. The van der Waals surface area contributed by atoms with E-state index in [9.17, 15) is 14.4 Å². The molecular weight excluding hydrogens is 398 g/mol. The van der Waals surface area contributed by atoms with Gasteiger partial charge in [0.1, 0.15) is 11.3 Å². The van der Waals surface area contributed by atoms with Gasteiger partial charge in [-0.2, -0.15) is 0 Å². The zero-order valence-electron chi connectivity index (χ0n) is 17.6. The van der Waals surface area contributed by atoms with Crippen LogP contribution in [0.3, 0.4) is 0 Å². The van der Waals surface area contributed by atoms with Gasteiger partial charge in [0.15, 0.2) is 6.61 Å². The molecule has 0 saturated carbocycles. The normalized spacial score (nSPS) is 10.6. The monoisotopic (exact) mass is 423 g/mol. The largest absolute Gasteiger partial charge is 0.484 e. The smallest absolute Gasteiger partial charge is 0.338 e. The van der Waals surface area contributed by atoms with E-state index in [4.69, 9.17) is 13.9 Å². The number of esters is 1. The summed E-state index contributed by atoms with van der Waals surface area (Å²) < 4.78 is 15.9. The summed E-state index contributed by atoms with van der Waals surface area (Å²) in [5.41, 5.74) is 1.86. The van der Waals surface area contributed by atoms with E-state index in [2.05, 4.69) is 5.32 Å². The summed E-state index contributed by atoms with van der Waals surface area (Å²) in [5.74, 6) is -0.324. The summed E-state index contributed by atoms with van der Waals surface area (Å²) in [6.45, 7) is 4.16. The Kier molecular flexibility index (Phi) is 7.43. The number of aryl methyl sites for hydroxylation is 1. The van der Waals surface area contributed by atoms with Gasteiger partial charge in [0.25, 0.3) is 5.91 Å². The average molecular weight is 423 g/mol. The van der Waals surface area contributed by atoms with E-state index in [0.717, 1.165) is 23.8 Å². The molecule has 1 amide bonds. The molecule has 7 heteroatoms. The number of carbonyl (C=O) groups is 2. The van der Waals surface area contributed by atoms with Crippen LogP contribution in [0.1, 0.15) is 42.6 Å². The van der Waals surface area contributed by atoms with Gasteiger partial charge in [0.05, 0.1) is 12.2 Å². The van der Waals surface area contributed by atoms with Crippen molar-refractivity contribution in [1.82, 2.24) is 0 Å². The van der Waals surface area contributed by atoms with Crippen molar-refractivity contribution < 1.29 is 23.5 Å². The lowest BCUT2D eigenvalue weighted by molar-refractivity contribution is -0.118. The van der Waals surface area contributed by atoms with Crippen LogP contribution >= 0.6 is 0 Å². The highest BCUT2D eigenvalue weighted by molar-refractivity contribution is 5.93. The van der Waals surface area contributed by atoms with Gasteiger partial charge in [0, 0.05) is 23.2 Å². The van der Waals surface area contributed by atoms with Crippen LogP contribution in [0.15, 0.2) is 57.7 Å². The van der Waals surface area contributed by atoms with Crippen LogP contribution < -0.4 is 15.7 Å². The molecule has 31 heavy (non-hydrogen) atoms. The standard InChI is InChI=1S/C24H25NO6/c1-3-5-12-29-24(28)17-6-8-18(9-7-17)25-22(26)15-30-19-10-11-20-16(4-2)13-23(27)31-21(20)14-19/h6-11,13-14H,3-5,12,15H2,1-2H3,(H,25,26). The second kappa shape index (κ2) is 10.4. The van der Waals surface area contributed by atoms with Crippen LogP contribution in [0.4, 0.5) is 5.69 Å². The molecule has 2 aromatic carbocycles. The van der Waals surface area contributed by atoms with Gasteiger partial charge in [-0.3, -0.25) is 4.79 Å². The fraction of sp³-hybridized carbons (Fsp3) is 0.292. The fourth-order valence-electron chi connectivity index (χ4n) is 3.02. The van der Waals surface area contributed by atoms with Crippen LogP contribution in [0.2, 0.25) is 0 Å². The Morgan fingerprint density at radius 3 is 2.52 bits per heavy atom. The number of amides is 1. The number of ether oxygens (including phenoxy) is 2. The molecule has 0 saturated heterocycles. The molecule has 0 aliphatic carbocycles. The van der Waals surface area contributed by atoms with Gasteiger partial charge >= 0.3 is 11.6 Å². The lowest BCUT2D eigenvalue weighted by atomic mass is 10.1. The number of rotatable bonds is 9. The van der Waals surface area contributed by atoms with Gasteiger partial charge < -0.3 is 19.2 Å². The third-order valence-electron chi connectivity index (χ3n) is 4.69. The third-order valence-corrected chi connectivity index (χ3v) is 4.69. The van der Waals surface area contributed by atoms with E-state index in [0.29, 0.717) is 35.6 Å². The van der Waals surface area contributed by atoms with Crippen molar-refractivity contribution >= 4 is 28.5 Å². The van der Waals surface area contributed by atoms with Gasteiger partial charge in [-0.15, -0.1) is 0 Å². The summed E-state index contributed by atoms with van der Waals surface area (Å²) >= 11 is 0. The molecule has 0 aliphatic rings. The zero-order valence-corrected chi connectivity index (χ0v) is 17.6. The first-order chi connectivity index (χ1) is 15.0. The van der Waals surface area contributed by atoms with Crippen molar-refractivity contribution in [3.8, 4) is 5.75 Å². The minimum atomic E-state index is -0.420. The fourth-order valence-corrected chi connectivity index (χ4v) is 3.02. The molecule has 7 nitrogen and oxygen atoms in total. The molecule has 3 aromatic rings. The second-order valence-electron chi connectivity index (χ2n) is 7.01. The number of hydrogen-bond donors (Lipinski definition) is 1. The summed E-state index contributed by atoms with van der Waals surface area (Å²) in [5, 5.41) is 3.55. The molecule has 0 spiro atoms. The lowest BCUT2D eigenvalue weighted by Crippen LogP contribution is -2.20. The Bertz CT molecular complexity index is 1120. The number of hydrogen-bond acceptors (Lipinski definition) is 6. The van der Waals surface area contributed by atoms with Gasteiger partial charge in [0.2, 0.25) is 0 Å². The highest BCUT2D eigenvalue weighted by Crippen LogP contribution is 2.23. The van der Waals surface area contributed by atoms with E-state index in [-0.39, 0.29) is 18.5 Å². The first kappa shape index (κ1) is 22.1. The molecule has 0 radical (unpaired) electrons. The predicted molar refractivity (Wildman–Crippen MR) is 118 cm³/mol. The molecular formula is C24H25NO6. The Labute approximate surface area is 180 Å². The molecule has 162 valence electrons. The van der Waals surface area contributed by atoms with Crippen LogP contribution in [-0.2, 0) is 16.0 Å². The molecule has 0 atom stereocenters. The van der Waals surface area contributed by atoms with Gasteiger partial charge in [-0.1, -0.05) is 20.3 Å². The van der Waals surface area contributed by atoms with Crippen molar-refractivity contribution in [1.29, 1.82) is 0 Å². The van der Waals surface area contributed by atoms with Crippen LogP contribution in [-0.4, -0.2) is 25.1 Å². The SMILES string of the molecule is CCCCOC(=O)c1ccc(NC(=O)COc2ccc3c(CC)cc(=O)oc3c2)cc1. The van der Waals surface area contributed by atoms with E-state index in [1.165, 1.54) is 6.07 Å². The predicted octanol–water partition coefficient (Wildman–Crippen LogP) is 4.33. The third kappa shape index (κ3) is 5.94. The molecule has 0 unspecified atom stereocenters. The van der Waals surface area contributed by atoms with E-state index < -0.39 is 5.63 Å². The summed E-state index contributed by atoms with van der Waals surface area (Å²) in [6.07, 6.45) is 2.48. The molecule has 0 bridgehead atoms. The highest BCUT2D eigenvalue weighted by atomic mass is 16.5. The maximum absolute atomic E-state index is 12.2. The molecule has 1 aromatic heterocycles. The molecule has 3 rings (SSSR count). The Balaban J connectivity index is 1.56. The van der Waals surface area contributed by atoms with Crippen molar-refractivity contribution in [2.45, 2.75) is 33.1 Å². The topological polar surface area (TPSA) is 94.8 Å². The quantitative estimate of drug-likeness (QED) is 0.313. The minimum absolute atomic E-state index is 0.218. The van der Waals surface area contributed by atoms with Crippen LogP contribution in [0.5, 0.6) is 5.75 Å². The van der Waals surface area contributed by atoms with Gasteiger partial charge in [-0.05, 0) is 54.8 Å². The van der Waals surface area contributed by atoms with Crippen molar-refractivity contribution in [2.24, 2.45) is 0 Å². The maximum Gasteiger partial charge on any atom is 0.338 e. The zero-order chi connectivity index (χ0) is 22.2. The van der Waals surface area contributed by atoms with E-state index >= 15 is 0 Å². The Morgan fingerprint density at radius 2 is 1.81 bits per heavy atom. The molecule has 1 heterocycles. The molecule has 0 fully saturated rings. The highest BCUT2D eigenvalue weighted by Gasteiger charge is 2.10. The molecule has 0 aliphatic heterocycles. The summed E-state index contributed by atoms with van der Waals surface area (Å²) in [7, 11) is 0. The summed E-state index contributed by atoms with van der Waals surface area (Å²) in [6, 6.07) is 13.1. The summed E-state index contributed by atoms with van der Waals surface area (Å²) in [4.78, 5) is 35.8. The van der Waals surface area contributed by atoms with Crippen molar-refractivity contribution in [3.63, 3.8) is 0 Å². The van der Waals surface area contributed by atoms with Crippen molar-refractivity contribution in [3.05, 3.63) is 70.1 Å². The van der Waals surface area contributed by atoms with E-state index in [1.807, 2.05) is 19.9 Å². The first-order valence-electron chi connectivity index (χ1n) is 10.3. The van der Waals surface area contributed by atoms with E-state index in [1.54, 1.807) is 36.4 Å². The average Bonchev–Trinajstić information content (AvgIpc) is 2.77. The number of benzene rings is 2. The van der Waals surface area contributed by atoms with Crippen LogP contribution in [0.25, 0.3) is 11.0 Å². The Morgan fingerprint density at radius 1 is 1.03 bits per heavy atom. The number of unbranched alkanes of at least 4 members (excludes halogenated alkanes) is 1. The lowest BCUT2D eigenvalue weighted by Gasteiger charge is -2.09. The number of fused-ring (bicyclic) bond motifs is 1. The number of nitrogens with one attached hydrogen (secondary N) is 1. The number of anilines is 1. The molecule has 1 N–H and O–H groups in total. The van der Waals surface area contributed by atoms with Crippen molar-refractivity contribution in [2.75, 3.05) is 18.5 Å². The number of carbonyl (C=O) groups excluding carboxylic acids is 2. The van der Waals surface area contributed by atoms with Crippen LogP contribution in [0, 0.1) is 0 Å². The Hall–Kier alpha value is -3.61. The first-order valence-corrected chi connectivity index (χ1v) is 10.3. The minimum Gasteiger partial charge on any atom is -0.484 e. The van der Waals surface area contributed by atoms with Gasteiger partial charge in [-0.25, -0.2) is 9.59 Å².